The fourth-order valence-electron chi connectivity index (χ4n) is 0.102. The van der Waals surface area contributed by atoms with Gasteiger partial charge in [0.15, 0.2) is 0 Å². The first-order valence-electron chi connectivity index (χ1n) is 3.10. The molecule has 0 radical (unpaired) electrons. The monoisotopic (exact) mass is 91.1 g/mol. The summed E-state index contributed by atoms with van der Waals surface area (Å²) >= 11 is 0. The zero-order valence-electron chi connectivity index (χ0n) is 6.27. The van der Waals surface area contributed by atoms with Gasteiger partial charge in [0.25, 0.3) is 0 Å². The Morgan fingerprint density at radius 2 is 3.00 bits per heavy atom. The van der Waals surface area contributed by atoms with Crippen LogP contribution in [-0.2, 0) is 0 Å². The Balaban J connectivity index is 3.17. The summed E-state index contributed by atoms with van der Waals surface area (Å²) in [7, 11) is 0. The second-order valence-corrected chi connectivity index (χ2v) is 0.779. The molecule has 0 aromatic carbocycles. The molecular formula is C3H8N2O. The van der Waals surface area contributed by atoms with E-state index in [2.05, 4.69) is 10.5 Å². The van der Waals surface area contributed by atoms with Gasteiger partial charge in [-0.25, -0.2) is 0 Å². The number of hydrogen-bond donors (Lipinski definition) is 1. The van der Waals surface area contributed by atoms with E-state index < -0.39 is 6.98 Å². The zero-order chi connectivity index (χ0) is 7.33. The van der Waals surface area contributed by atoms with Gasteiger partial charge in [-0.05, 0) is 6.98 Å². The van der Waals surface area contributed by atoms with Crippen LogP contribution < -0.4 is 5.32 Å². The van der Waals surface area contributed by atoms with Crippen LogP contribution in [0.2, 0.25) is 0 Å². The minimum atomic E-state index is -2.15. The number of nitrogens with zero attached hydrogens (tertiary/aromatic N) is 1. The molecule has 1 N–H and O–H groups in total. The van der Waals surface area contributed by atoms with Crippen LogP contribution in [0, 0.1) is 4.91 Å². The molecule has 0 amide bonds. The van der Waals surface area contributed by atoms with Crippen molar-refractivity contribution in [3.05, 3.63) is 4.91 Å². The highest BCUT2D eigenvalue weighted by molar-refractivity contribution is 4.40. The smallest absolute Gasteiger partial charge is 0.0935 e. The van der Waals surface area contributed by atoms with Crippen LogP contribution in [-0.4, -0.2) is 20.1 Å². The largest absolute Gasteiger partial charge is 0.318 e. The molecule has 0 saturated heterocycles. The third-order valence-corrected chi connectivity index (χ3v) is 0.328. The maximum Gasteiger partial charge on any atom is 0.0935 e. The topological polar surface area (TPSA) is 41.5 Å². The molecular weight excluding hydrogens is 80.0 g/mol. The van der Waals surface area contributed by atoms with Gasteiger partial charge in [-0.2, -0.15) is 4.91 Å². The van der Waals surface area contributed by atoms with Crippen molar-refractivity contribution in [2.24, 2.45) is 5.18 Å². The van der Waals surface area contributed by atoms with E-state index in [0.29, 0.717) is 0 Å². The van der Waals surface area contributed by atoms with Crippen LogP contribution in [0.25, 0.3) is 0 Å². The van der Waals surface area contributed by atoms with Crippen molar-refractivity contribution in [2.45, 2.75) is 0 Å². The van der Waals surface area contributed by atoms with Crippen molar-refractivity contribution in [1.29, 1.82) is 0 Å². The van der Waals surface area contributed by atoms with Gasteiger partial charge in [0.2, 0.25) is 0 Å². The lowest BCUT2D eigenvalue weighted by molar-refractivity contribution is 0.799. The molecule has 0 heterocycles. The van der Waals surface area contributed by atoms with E-state index in [1.165, 1.54) is 0 Å². The number of likely N-dealkylation sites (N-methyl/N-ethyl adjacent to an activating group) is 1. The van der Waals surface area contributed by atoms with Crippen LogP contribution in [0.3, 0.4) is 0 Å². The molecule has 0 aliphatic heterocycles. The standard InChI is InChI=1S/C3H8N2O/c1-4-2-3-5-6/h4H,2-3H2,1H3/i1D3. The number of nitrogens with one attached hydrogen (secondary N) is 1. The average molecular weight is 91.1 g/mol. The maximum absolute atomic E-state index is 9.42. The van der Waals surface area contributed by atoms with Crippen LogP contribution in [0.4, 0.5) is 0 Å². The van der Waals surface area contributed by atoms with Crippen LogP contribution in [0.1, 0.15) is 4.11 Å². The normalized spacial score (nSPS) is 17.7. The van der Waals surface area contributed by atoms with Crippen LogP contribution in [0.5, 0.6) is 0 Å². The lowest BCUT2D eigenvalue weighted by Crippen LogP contribution is -2.09. The van der Waals surface area contributed by atoms with E-state index in [1.54, 1.807) is 0 Å². The second-order valence-electron chi connectivity index (χ2n) is 0.779. The van der Waals surface area contributed by atoms with Crippen molar-refractivity contribution < 1.29 is 4.11 Å². The summed E-state index contributed by atoms with van der Waals surface area (Å²) in [5.41, 5.74) is 0. The Hall–Kier alpha value is -0.440. The summed E-state index contributed by atoms with van der Waals surface area (Å²) in [6.45, 7) is -2.04. The summed E-state index contributed by atoms with van der Waals surface area (Å²) in [5.74, 6) is 0. The van der Waals surface area contributed by atoms with Gasteiger partial charge in [0, 0.05) is 10.7 Å². The molecule has 0 rings (SSSR count). The molecule has 0 fully saturated rings. The van der Waals surface area contributed by atoms with Crippen molar-refractivity contribution >= 4 is 0 Å². The molecule has 0 spiro atoms. The van der Waals surface area contributed by atoms with Gasteiger partial charge in [-0.3, -0.25) is 0 Å². The third-order valence-electron chi connectivity index (χ3n) is 0.328. The van der Waals surface area contributed by atoms with E-state index in [1.807, 2.05) is 0 Å². The average Bonchev–Trinajstić information content (AvgIpc) is 1.63. The summed E-state index contributed by atoms with van der Waals surface area (Å²) in [6, 6.07) is 0. The summed E-state index contributed by atoms with van der Waals surface area (Å²) in [6.07, 6.45) is 0. The highest BCUT2D eigenvalue weighted by Crippen LogP contribution is 1.58. The van der Waals surface area contributed by atoms with Crippen LogP contribution >= 0.6 is 0 Å². The Morgan fingerprint density at radius 1 is 2.17 bits per heavy atom. The van der Waals surface area contributed by atoms with Gasteiger partial charge < -0.3 is 5.32 Å². The first kappa shape index (κ1) is 2.02. The van der Waals surface area contributed by atoms with E-state index in [9.17, 15) is 4.91 Å². The Morgan fingerprint density at radius 3 is 3.50 bits per heavy atom. The predicted octanol–water partition coefficient (Wildman–Crippen LogP) is -0.0278. The highest BCUT2D eigenvalue weighted by Gasteiger charge is 1.73. The molecule has 0 aliphatic rings. The van der Waals surface area contributed by atoms with E-state index >= 15 is 0 Å². The lowest BCUT2D eigenvalue weighted by atomic mass is 10.7. The van der Waals surface area contributed by atoms with E-state index in [-0.39, 0.29) is 13.1 Å². The van der Waals surface area contributed by atoms with Gasteiger partial charge in [-0.15, -0.1) is 0 Å². The molecule has 0 aliphatic carbocycles. The first-order valence-corrected chi connectivity index (χ1v) is 1.60. The van der Waals surface area contributed by atoms with E-state index in [4.69, 9.17) is 4.11 Å². The van der Waals surface area contributed by atoms with E-state index in [0.717, 1.165) is 0 Å². The molecule has 0 saturated carbocycles. The van der Waals surface area contributed by atoms with Crippen molar-refractivity contribution in [1.82, 2.24) is 5.32 Å². The Labute approximate surface area is 40.9 Å². The van der Waals surface area contributed by atoms with Gasteiger partial charge >= 0.3 is 0 Å². The number of hydrogen-bond acceptors (Lipinski definition) is 3. The van der Waals surface area contributed by atoms with Crippen molar-refractivity contribution in [2.75, 3.05) is 20.1 Å². The molecule has 0 aromatic rings. The quantitative estimate of drug-likeness (QED) is 0.391. The number of nitroso groups, excluding NO2 is 1. The summed E-state index contributed by atoms with van der Waals surface area (Å²) in [5, 5.41) is 4.61. The summed E-state index contributed by atoms with van der Waals surface area (Å²) in [4.78, 5) is 9.42. The molecule has 0 unspecified atom stereocenters. The zero-order valence-corrected chi connectivity index (χ0v) is 3.27. The number of rotatable bonds is 3. The lowest BCUT2D eigenvalue weighted by Gasteiger charge is -1.83. The molecule has 0 aromatic heterocycles. The molecule has 3 heteroatoms. The molecule has 3 nitrogen and oxygen atoms in total. The molecule has 36 valence electrons. The molecule has 0 bridgehead atoms. The first-order chi connectivity index (χ1) is 4.06. The minimum Gasteiger partial charge on any atom is -0.318 e. The highest BCUT2D eigenvalue weighted by atomic mass is 16.3. The van der Waals surface area contributed by atoms with Crippen LogP contribution in [0.15, 0.2) is 5.18 Å². The minimum absolute atomic E-state index is 0.00160. The Kier molecular flexibility index (Phi) is 1.54. The Bertz CT molecular complexity index is 91.5. The molecule has 6 heavy (non-hydrogen) atoms. The third kappa shape index (κ3) is 3.56. The predicted molar refractivity (Wildman–Crippen MR) is 24.6 cm³/mol. The van der Waals surface area contributed by atoms with Gasteiger partial charge in [0.1, 0.15) is 0 Å². The summed E-state index contributed by atoms with van der Waals surface area (Å²) < 4.78 is 19.8. The van der Waals surface area contributed by atoms with Gasteiger partial charge in [-0.1, -0.05) is 5.18 Å². The fraction of sp³-hybridized carbons (Fsp3) is 1.00. The van der Waals surface area contributed by atoms with Crippen molar-refractivity contribution in [3.8, 4) is 0 Å². The fourth-order valence-corrected chi connectivity index (χ4v) is 0.102. The van der Waals surface area contributed by atoms with Gasteiger partial charge in [0.05, 0.1) is 6.54 Å². The second kappa shape index (κ2) is 4.56. The SMILES string of the molecule is [2H]C([2H])([2H])NCCN=O. The van der Waals surface area contributed by atoms with Crippen molar-refractivity contribution in [3.63, 3.8) is 0 Å². The maximum atomic E-state index is 9.42. The molecule has 0 atom stereocenters.